The summed E-state index contributed by atoms with van der Waals surface area (Å²) in [5.41, 5.74) is -0.118. The van der Waals surface area contributed by atoms with Gasteiger partial charge in [-0.1, -0.05) is 6.07 Å². The largest absolute Gasteiger partial charge is 0.416 e. The number of carbonyl (C=O) groups excluding carboxylic acids is 1. The Balaban J connectivity index is 1.48. The van der Waals surface area contributed by atoms with Crippen LogP contribution >= 0.6 is 0 Å². The molecule has 2 heterocycles. The fourth-order valence-electron chi connectivity index (χ4n) is 2.97. The van der Waals surface area contributed by atoms with Crippen molar-refractivity contribution in [2.45, 2.75) is 12.7 Å². The number of anilines is 1. The maximum Gasteiger partial charge on any atom is 0.416 e. The third-order valence-electron chi connectivity index (χ3n) is 4.42. The highest BCUT2D eigenvalue weighted by Gasteiger charge is 2.31. The van der Waals surface area contributed by atoms with Crippen LogP contribution in [0.1, 0.15) is 5.56 Å². The van der Waals surface area contributed by atoms with Crippen LogP contribution in [0.4, 0.5) is 23.7 Å². The molecule has 0 atom stereocenters. The van der Waals surface area contributed by atoms with E-state index < -0.39 is 11.7 Å². The van der Waals surface area contributed by atoms with Gasteiger partial charge in [0.25, 0.3) is 0 Å². The average molecular weight is 366 g/mol. The summed E-state index contributed by atoms with van der Waals surface area (Å²) in [5.74, 6) is 0. The van der Waals surface area contributed by atoms with Crippen molar-refractivity contribution in [3.05, 3.63) is 54.4 Å². The van der Waals surface area contributed by atoms with Crippen LogP contribution in [0, 0.1) is 0 Å². The van der Waals surface area contributed by atoms with Crippen molar-refractivity contribution in [2.75, 3.05) is 37.6 Å². The number of hydrogen-bond acceptors (Lipinski definition) is 2. The summed E-state index contributed by atoms with van der Waals surface area (Å²) in [4.78, 5) is 15.8. The maximum atomic E-state index is 12.8. The van der Waals surface area contributed by atoms with Crippen molar-refractivity contribution >= 4 is 11.7 Å². The third-order valence-corrected chi connectivity index (χ3v) is 4.42. The lowest BCUT2D eigenvalue weighted by atomic mass is 10.1. The topological polar surface area (TPSA) is 40.5 Å². The molecule has 26 heavy (non-hydrogen) atoms. The molecule has 1 saturated heterocycles. The minimum Gasteiger partial charge on any atom is -0.368 e. The van der Waals surface area contributed by atoms with Crippen LogP contribution in [0.5, 0.6) is 0 Å². The van der Waals surface area contributed by atoms with Gasteiger partial charge in [-0.3, -0.25) is 0 Å². The molecule has 1 N–H and O–H groups in total. The molecule has 2 amide bonds. The Labute approximate surface area is 150 Å². The van der Waals surface area contributed by atoms with Crippen molar-refractivity contribution in [1.29, 1.82) is 0 Å². The van der Waals surface area contributed by atoms with Crippen molar-refractivity contribution in [2.24, 2.45) is 0 Å². The van der Waals surface area contributed by atoms with Gasteiger partial charge in [0.1, 0.15) is 0 Å². The lowest BCUT2D eigenvalue weighted by Gasteiger charge is -2.36. The molecule has 0 unspecified atom stereocenters. The Hall–Kier alpha value is -2.64. The van der Waals surface area contributed by atoms with E-state index in [0.717, 1.165) is 12.1 Å². The third kappa shape index (κ3) is 4.50. The molecular formula is C18H21F3N4O. The molecule has 3 rings (SSSR count). The highest BCUT2D eigenvalue weighted by molar-refractivity contribution is 5.74. The molecule has 0 saturated carbocycles. The molecule has 2 aromatic rings. The van der Waals surface area contributed by atoms with Gasteiger partial charge in [0, 0.05) is 57.3 Å². The zero-order chi connectivity index (χ0) is 18.6. The Bertz CT molecular complexity index is 722. The number of benzene rings is 1. The molecule has 1 aromatic heterocycles. The van der Waals surface area contributed by atoms with Crippen molar-refractivity contribution < 1.29 is 18.0 Å². The summed E-state index contributed by atoms with van der Waals surface area (Å²) in [7, 11) is 0. The first-order valence-electron chi connectivity index (χ1n) is 8.49. The van der Waals surface area contributed by atoms with Crippen molar-refractivity contribution in [1.82, 2.24) is 14.8 Å². The fourth-order valence-corrected chi connectivity index (χ4v) is 2.97. The van der Waals surface area contributed by atoms with Crippen LogP contribution in [0.25, 0.3) is 0 Å². The molecule has 1 aromatic carbocycles. The van der Waals surface area contributed by atoms with Gasteiger partial charge in [-0.15, -0.1) is 0 Å². The lowest BCUT2D eigenvalue weighted by molar-refractivity contribution is -0.137. The minimum absolute atomic E-state index is 0.138. The van der Waals surface area contributed by atoms with Crippen molar-refractivity contribution in [3.8, 4) is 0 Å². The van der Waals surface area contributed by atoms with E-state index in [0.29, 0.717) is 45.0 Å². The molecule has 8 heteroatoms. The normalized spacial score (nSPS) is 15.2. The van der Waals surface area contributed by atoms with Gasteiger partial charge in [0.15, 0.2) is 0 Å². The standard InChI is InChI=1S/C18H21F3N4O/c19-18(20,21)15-4-3-5-16(14-15)24-10-12-25(13-11-24)17(26)22-6-9-23-7-1-2-8-23/h1-5,7-8,14H,6,9-13H2,(H,22,26). The molecule has 1 aliphatic heterocycles. The van der Waals surface area contributed by atoms with E-state index in [1.165, 1.54) is 6.07 Å². The average Bonchev–Trinajstić information content (AvgIpc) is 3.15. The maximum absolute atomic E-state index is 12.8. The highest BCUT2D eigenvalue weighted by Crippen LogP contribution is 2.31. The predicted molar refractivity (Wildman–Crippen MR) is 93.1 cm³/mol. The van der Waals surface area contributed by atoms with Crippen LogP contribution in [0.2, 0.25) is 0 Å². The van der Waals surface area contributed by atoms with Crippen LogP contribution in [0.3, 0.4) is 0 Å². The Morgan fingerprint density at radius 2 is 1.73 bits per heavy atom. The smallest absolute Gasteiger partial charge is 0.368 e. The second-order valence-electron chi connectivity index (χ2n) is 6.17. The first-order chi connectivity index (χ1) is 12.4. The first-order valence-corrected chi connectivity index (χ1v) is 8.49. The van der Waals surface area contributed by atoms with E-state index in [2.05, 4.69) is 5.32 Å². The van der Waals surface area contributed by atoms with Crippen molar-refractivity contribution in [3.63, 3.8) is 0 Å². The SMILES string of the molecule is O=C(NCCn1cccc1)N1CCN(c2cccc(C(F)(F)F)c2)CC1. The summed E-state index contributed by atoms with van der Waals surface area (Å²) >= 11 is 0. The van der Waals surface area contributed by atoms with Gasteiger partial charge in [0.05, 0.1) is 5.56 Å². The van der Waals surface area contributed by atoms with Gasteiger partial charge in [-0.2, -0.15) is 13.2 Å². The number of amides is 2. The summed E-state index contributed by atoms with van der Waals surface area (Å²) in [5, 5.41) is 2.87. The zero-order valence-corrected chi connectivity index (χ0v) is 14.2. The number of nitrogens with one attached hydrogen (secondary N) is 1. The van der Waals surface area contributed by atoms with E-state index in [4.69, 9.17) is 0 Å². The summed E-state index contributed by atoms with van der Waals surface area (Å²) < 4.78 is 40.5. The number of nitrogens with zero attached hydrogens (tertiary/aromatic N) is 3. The molecule has 1 fully saturated rings. The van der Waals surface area contributed by atoms with Crippen LogP contribution in [-0.2, 0) is 12.7 Å². The number of aromatic nitrogens is 1. The number of halogens is 3. The van der Waals surface area contributed by atoms with Gasteiger partial charge in [-0.25, -0.2) is 4.79 Å². The molecular weight excluding hydrogens is 345 g/mol. The lowest BCUT2D eigenvalue weighted by Crippen LogP contribution is -2.52. The summed E-state index contributed by atoms with van der Waals surface area (Å²) in [6.45, 7) is 3.19. The molecule has 5 nitrogen and oxygen atoms in total. The fraction of sp³-hybridized carbons (Fsp3) is 0.389. The second kappa shape index (κ2) is 7.72. The van der Waals surface area contributed by atoms with E-state index >= 15 is 0 Å². The van der Waals surface area contributed by atoms with E-state index in [1.54, 1.807) is 11.0 Å². The number of alkyl halides is 3. The quantitative estimate of drug-likeness (QED) is 0.904. The first kappa shape index (κ1) is 18.2. The monoisotopic (exact) mass is 366 g/mol. The minimum atomic E-state index is -4.35. The number of rotatable bonds is 4. The highest BCUT2D eigenvalue weighted by atomic mass is 19.4. The molecule has 0 spiro atoms. The Morgan fingerprint density at radius 3 is 2.38 bits per heavy atom. The summed E-state index contributed by atoms with van der Waals surface area (Å²) in [6.07, 6.45) is -0.489. The molecule has 1 aliphatic rings. The van der Waals surface area contributed by atoms with Crippen LogP contribution in [0.15, 0.2) is 48.8 Å². The zero-order valence-electron chi connectivity index (χ0n) is 14.2. The van der Waals surface area contributed by atoms with Gasteiger partial charge < -0.3 is 19.7 Å². The number of carbonyl (C=O) groups is 1. The van der Waals surface area contributed by atoms with Gasteiger partial charge >= 0.3 is 12.2 Å². The Kier molecular flexibility index (Phi) is 5.39. The van der Waals surface area contributed by atoms with E-state index in [9.17, 15) is 18.0 Å². The molecule has 0 aliphatic carbocycles. The van der Waals surface area contributed by atoms with Crippen LogP contribution in [-0.4, -0.2) is 48.2 Å². The van der Waals surface area contributed by atoms with E-state index in [-0.39, 0.29) is 6.03 Å². The van der Waals surface area contributed by atoms with Crippen LogP contribution < -0.4 is 10.2 Å². The number of hydrogen-bond donors (Lipinski definition) is 1. The molecule has 140 valence electrons. The molecule has 0 bridgehead atoms. The van der Waals surface area contributed by atoms with Gasteiger partial charge in [-0.05, 0) is 30.3 Å². The number of urea groups is 1. The summed E-state index contributed by atoms with van der Waals surface area (Å²) in [6, 6.07) is 9.02. The van der Waals surface area contributed by atoms with E-state index in [1.807, 2.05) is 34.0 Å². The predicted octanol–water partition coefficient (Wildman–Crippen LogP) is 3.04. The second-order valence-corrected chi connectivity index (χ2v) is 6.17. The molecule has 0 radical (unpaired) electrons. The number of piperazine rings is 1. The van der Waals surface area contributed by atoms with Gasteiger partial charge in [0.2, 0.25) is 0 Å². The Morgan fingerprint density at radius 1 is 1.04 bits per heavy atom.